The van der Waals surface area contributed by atoms with E-state index in [1.54, 1.807) is 17.4 Å². The number of thiophene rings is 1. The Morgan fingerprint density at radius 3 is 2.65 bits per heavy atom. The first-order valence-electron chi connectivity index (χ1n) is 4.96. The first kappa shape index (κ1) is 13.2. The highest BCUT2D eigenvalue weighted by Gasteiger charge is 2.17. The van der Waals surface area contributed by atoms with Crippen LogP contribution in [-0.4, -0.2) is 0 Å². The molecule has 0 aliphatic rings. The average Bonchev–Trinajstić information content (AvgIpc) is 2.62. The van der Waals surface area contributed by atoms with Gasteiger partial charge in [-0.3, -0.25) is 0 Å². The molecule has 1 atom stereocenters. The third-order valence-corrected chi connectivity index (χ3v) is 5.56. The van der Waals surface area contributed by atoms with Crippen LogP contribution in [0.2, 0.25) is 0 Å². The molecule has 0 aliphatic heterocycles. The Bertz CT molecular complexity index is 534. The third kappa shape index (κ3) is 2.62. The zero-order valence-electron chi connectivity index (χ0n) is 9.01. The summed E-state index contributed by atoms with van der Waals surface area (Å²) in [5, 5.41) is 0. The maximum absolute atomic E-state index is 13.4. The molecule has 0 saturated heterocycles. The van der Waals surface area contributed by atoms with Gasteiger partial charge in [-0.05, 0) is 56.5 Å². The number of halogens is 3. The van der Waals surface area contributed by atoms with Crippen molar-refractivity contribution < 1.29 is 4.39 Å². The number of hydrogen-bond acceptors (Lipinski definition) is 2. The van der Waals surface area contributed by atoms with Crippen LogP contribution in [0, 0.1) is 12.7 Å². The molecule has 0 radical (unpaired) electrons. The van der Waals surface area contributed by atoms with Gasteiger partial charge in [-0.1, -0.05) is 12.1 Å². The van der Waals surface area contributed by atoms with Crippen molar-refractivity contribution in [1.29, 1.82) is 0 Å². The van der Waals surface area contributed by atoms with Gasteiger partial charge in [0.1, 0.15) is 5.82 Å². The minimum Gasteiger partial charge on any atom is -0.320 e. The lowest BCUT2D eigenvalue weighted by Crippen LogP contribution is -2.11. The van der Waals surface area contributed by atoms with E-state index < -0.39 is 0 Å². The number of aryl methyl sites for hydroxylation is 1. The second-order valence-corrected chi connectivity index (χ2v) is 6.61. The van der Waals surface area contributed by atoms with Gasteiger partial charge in [0.2, 0.25) is 0 Å². The topological polar surface area (TPSA) is 26.0 Å². The molecule has 0 aliphatic carbocycles. The maximum Gasteiger partial charge on any atom is 0.137 e. The molecule has 2 rings (SSSR count). The van der Waals surface area contributed by atoms with Crippen LogP contribution >= 0.6 is 43.2 Å². The molecule has 2 N–H and O–H groups in total. The molecule has 17 heavy (non-hydrogen) atoms. The number of hydrogen-bond donors (Lipinski definition) is 1. The molecule has 0 amide bonds. The molecular formula is C12H10Br2FNS. The minimum absolute atomic E-state index is 0.287. The minimum atomic E-state index is -0.310. The van der Waals surface area contributed by atoms with E-state index in [2.05, 4.69) is 31.9 Å². The molecule has 0 fully saturated rings. The number of rotatable bonds is 2. The molecule has 0 spiro atoms. The summed E-state index contributed by atoms with van der Waals surface area (Å²) in [4.78, 5) is 2.18. The van der Waals surface area contributed by atoms with Crippen molar-refractivity contribution in [2.45, 2.75) is 13.0 Å². The summed E-state index contributed by atoms with van der Waals surface area (Å²) >= 11 is 8.32. The van der Waals surface area contributed by atoms with E-state index >= 15 is 0 Å². The number of benzene rings is 1. The summed E-state index contributed by atoms with van der Waals surface area (Å²) in [6.07, 6.45) is 0. The van der Waals surface area contributed by atoms with Crippen LogP contribution in [0.3, 0.4) is 0 Å². The lowest BCUT2D eigenvalue weighted by molar-refractivity contribution is 0.616. The van der Waals surface area contributed by atoms with E-state index in [9.17, 15) is 4.39 Å². The van der Waals surface area contributed by atoms with Gasteiger partial charge in [0.15, 0.2) is 0 Å². The number of nitrogens with two attached hydrogens (primary N) is 1. The first-order valence-corrected chi connectivity index (χ1v) is 7.36. The summed E-state index contributed by atoms with van der Waals surface area (Å²) in [5.41, 5.74) is 6.92. The summed E-state index contributed by atoms with van der Waals surface area (Å²) in [6, 6.07) is 6.60. The molecular weight excluding hydrogens is 369 g/mol. The predicted octanol–water partition coefficient (Wildman–Crippen LogP) is 4.77. The molecule has 1 aromatic heterocycles. The fourth-order valence-corrected chi connectivity index (χ4v) is 3.64. The highest BCUT2D eigenvalue weighted by Crippen LogP contribution is 2.35. The molecule has 0 bridgehead atoms. The zero-order valence-corrected chi connectivity index (χ0v) is 13.0. The average molecular weight is 379 g/mol. The Hall–Kier alpha value is -0.230. The van der Waals surface area contributed by atoms with Crippen LogP contribution in [0.15, 0.2) is 33.2 Å². The van der Waals surface area contributed by atoms with Crippen molar-refractivity contribution in [2.75, 3.05) is 0 Å². The standard InChI is InChI=1S/C12H10Br2FNS/c1-6-8(13)5-10(17-6)12(16)7-3-2-4-9(15)11(7)14/h2-5,12H,16H2,1H3. The van der Waals surface area contributed by atoms with Crippen molar-refractivity contribution in [2.24, 2.45) is 5.73 Å². The van der Waals surface area contributed by atoms with Crippen molar-refractivity contribution in [3.63, 3.8) is 0 Å². The fraction of sp³-hybridized carbons (Fsp3) is 0.167. The predicted molar refractivity (Wildman–Crippen MR) is 76.9 cm³/mol. The van der Waals surface area contributed by atoms with E-state index in [1.165, 1.54) is 10.9 Å². The van der Waals surface area contributed by atoms with Crippen molar-refractivity contribution >= 4 is 43.2 Å². The van der Waals surface area contributed by atoms with Crippen LogP contribution in [0.1, 0.15) is 21.4 Å². The monoisotopic (exact) mass is 377 g/mol. The van der Waals surface area contributed by atoms with Crippen LogP contribution in [0.5, 0.6) is 0 Å². The summed E-state index contributed by atoms with van der Waals surface area (Å²) in [7, 11) is 0. The highest BCUT2D eigenvalue weighted by molar-refractivity contribution is 9.10. The smallest absolute Gasteiger partial charge is 0.137 e. The molecule has 0 saturated carbocycles. The van der Waals surface area contributed by atoms with Gasteiger partial charge in [-0.25, -0.2) is 4.39 Å². The Morgan fingerprint density at radius 2 is 2.06 bits per heavy atom. The second kappa shape index (κ2) is 5.18. The van der Waals surface area contributed by atoms with Crippen LogP contribution in [0.4, 0.5) is 4.39 Å². The Balaban J connectivity index is 2.43. The van der Waals surface area contributed by atoms with Gasteiger partial charge >= 0.3 is 0 Å². The summed E-state index contributed by atoms with van der Waals surface area (Å²) in [6.45, 7) is 2.02. The zero-order chi connectivity index (χ0) is 12.6. The molecule has 2 aromatic rings. The largest absolute Gasteiger partial charge is 0.320 e. The van der Waals surface area contributed by atoms with Gasteiger partial charge < -0.3 is 5.73 Å². The van der Waals surface area contributed by atoms with Crippen LogP contribution in [-0.2, 0) is 0 Å². The Kier molecular flexibility index (Phi) is 4.02. The van der Waals surface area contributed by atoms with E-state index in [-0.39, 0.29) is 11.9 Å². The molecule has 1 heterocycles. The quantitative estimate of drug-likeness (QED) is 0.800. The van der Waals surface area contributed by atoms with E-state index in [4.69, 9.17) is 5.73 Å². The Morgan fingerprint density at radius 1 is 1.35 bits per heavy atom. The molecule has 5 heteroatoms. The van der Waals surface area contributed by atoms with E-state index in [0.717, 1.165) is 14.9 Å². The van der Waals surface area contributed by atoms with Gasteiger partial charge in [0.05, 0.1) is 10.5 Å². The van der Waals surface area contributed by atoms with Gasteiger partial charge in [-0.2, -0.15) is 0 Å². The van der Waals surface area contributed by atoms with Crippen LogP contribution in [0.25, 0.3) is 0 Å². The molecule has 1 unspecified atom stereocenters. The molecule has 1 aromatic carbocycles. The normalized spacial score (nSPS) is 12.8. The highest BCUT2D eigenvalue weighted by atomic mass is 79.9. The second-order valence-electron chi connectivity index (χ2n) is 3.67. The SMILES string of the molecule is Cc1sc(C(N)c2cccc(F)c2Br)cc1Br. The lowest BCUT2D eigenvalue weighted by Gasteiger charge is -2.12. The molecule has 90 valence electrons. The van der Waals surface area contributed by atoms with Gasteiger partial charge in [0.25, 0.3) is 0 Å². The maximum atomic E-state index is 13.4. The third-order valence-electron chi connectivity index (χ3n) is 2.50. The van der Waals surface area contributed by atoms with Gasteiger partial charge in [0, 0.05) is 14.2 Å². The first-order chi connectivity index (χ1) is 8.00. The fourth-order valence-electron chi connectivity index (χ4n) is 1.55. The summed E-state index contributed by atoms with van der Waals surface area (Å²) < 4.78 is 14.9. The Labute approximate surface area is 120 Å². The van der Waals surface area contributed by atoms with Gasteiger partial charge in [-0.15, -0.1) is 11.3 Å². The van der Waals surface area contributed by atoms with Crippen molar-refractivity contribution in [1.82, 2.24) is 0 Å². The van der Waals surface area contributed by atoms with Crippen molar-refractivity contribution in [3.8, 4) is 0 Å². The van der Waals surface area contributed by atoms with Crippen LogP contribution < -0.4 is 5.73 Å². The van der Waals surface area contributed by atoms with E-state index in [0.29, 0.717) is 4.47 Å². The molecule has 1 nitrogen and oxygen atoms in total. The summed E-state index contributed by atoms with van der Waals surface area (Å²) in [5.74, 6) is -0.287. The van der Waals surface area contributed by atoms with Crippen molar-refractivity contribution in [3.05, 3.63) is 54.3 Å². The van der Waals surface area contributed by atoms with E-state index in [1.807, 2.05) is 19.1 Å². The lowest BCUT2D eigenvalue weighted by atomic mass is 10.1.